The fourth-order valence-electron chi connectivity index (χ4n) is 2.18. The first kappa shape index (κ1) is 13.0. The van der Waals surface area contributed by atoms with E-state index in [0.29, 0.717) is 11.3 Å². The van der Waals surface area contributed by atoms with E-state index in [-0.39, 0.29) is 6.10 Å². The van der Waals surface area contributed by atoms with E-state index in [1.807, 2.05) is 0 Å². The van der Waals surface area contributed by atoms with Crippen LogP contribution < -0.4 is 0 Å². The summed E-state index contributed by atoms with van der Waals surface area (Å²) in [6, 6.07) is 0. The predicted molar refractivity (Wildman–Crippen MR) is 64.8 cm³/mol. The monoisotopic (exact) mass is 213 g/mol. The van der Waals surface area contributed by atoms with Gasteiger partial charge in [-0.2, -0.15) is 0 Å². The van der Waals surface area contributed by atoms with Crippen LogP contribution in [0.1, 0.15) is 41.0 Å². The van der Waals surface area contributed by atoms with E-state index in [4.69, 9.17) is 0 Å². The zero-order valence-corrected chi connectivity index (χ0v) is 11.0. The summed E-state index contributed by atoms with van der Waals surface area (Å²) in [4.78, 5) is 2.38. The number of rotatable bonds is 4. The highest BCUT2D eigenvalue weighted by atomic mass is 16.3. The molecule has 0 bridgehead atoms. The number of hydrogen-bond donors (Lipinski definition) is 1. The van der Waals surface area contributed by atoms with E-state index in [1.54, 1.807) is 0 Å². The minimum Gasteiger partial charge on any atom is -0.392 e. The molecule has 15 heavy (non-hydrogen) atoms. The summed E-state index contributed by atoms with van der Waals surface area (Å²) >= 11 is 0. The average Bonchev–Trinajstić information content (AvgIpc) is 1.91. The number of hydrogen-bond acceptors (Lipinski definition) is 2. The second-order valence-electron chi connectivity index (χ2n) is 6.56. The molecule has 1 atom stereocenters. The molecule has 0 saturated carbocycles. The maximum Gasteiger partial charge on any atom is 0.0669 e. The molecule has 1 aliphatic rings. The minimum absolute atomic E-state index is 0.133. The van der Waals surface area contributed by atoms with Gasteiger partial charge in [-0.1, -0.05) is 34.6 Å². The van der Waals surface area contributed by atoms with Gasteiger partial charge < -0.3 is 10.0 Å². The highest BCUT2D eigenvalue weighted by Gasteiger charge is 2.36. The number of nitrogens with zero attached hydrogens (tertiary/aromatic N) is 1. The van der Waals surface area contributed by atoms with Gasteiger partial charge in [0.2, 0.25) is 0 Å². The third kappa shape index (κ3) is 4.12. The van der Waals surface area contributed by atoms with Gasteiger partial charge in [-0.3, -0.25) is 0 Å². The first-order valence-corrected chi connectivity index (χ1v) is 6.19. The molecule has 1 rings (SSSR count). The van der Waals surface area contributed by atoms with E-state index in [0.717, 1.165) is 18.9 Å². The van der Waals surface area contributed by atoms with Crippen molar-refractivity contribution >= 4 is 0 Å². The van der Waals surface area contributed by atoms with Gasteiger partial charge >= 0.3 is 0 Å². The molecule has 1 heterocycles. The number of likely N-dealkylation sites (tertiary alicyclic amines) is 1. The lowest BCUT2D eigenvalue weighted by Gasteiger charge is -2.47. The van der Waals surface area contributed by atoms with Gasteiger partial charge in [-0.15, -0.1) is 0 Å². The van der Waals surface area contributed by atoms with Gasteiger partial charge in [0.1, 0.15) is 0 Å². The van der Waals surface area contributed by atoms with Crippen LogP contribution in [0.5, 0.6) is 0 Å². The van der Waals surface area contributed by atoms with Crippen molar-refractivity contribution in [2.45, 2.75) is 47.1 Å². The molecule has 0 aliphatic carbocycles. The fraction of sp³-hybridized carbons (Fsp3) is 1.00. The van der Waals surface area contributed by atoms with Crippen LogP contribution in [0.2, 0.25) is 0 Å². The summed E-state index contributed by atoms with van der Waals surface area (Å²) in [6.45, 7) is 14.4. The van der Waals surface area contributed by atoms with Gasteiger partial charge in [0.25, 0.3) is 0 Å². The Kier molecular flexibility index (Phi) is 4.19. The third-order valence-electron chi connectivity index (χ3n) is 3.39. The van der Waals surface area contributed by atoms with Gasteiger partial charge in [0.05, 0.1) is 6.10 Å². The Morgan fingerprint density at radius 1 is 1.27 bits per heavy atom. The molecule has 0 aromatic rings. The number of aliphatic hydroxyl groups is 1. The maximum atomic E-state index is 9.80. The van der Waals surface area contributed by atoms with E-state index >= 15 is 0 Å². The molecule has 0 radical (unpaired) electrons. The zero-order valence-electron chi connectivity index (χ0n) is 11.0. The van der Waals surface area contributed by atoms with Crippen molar-refractivity contribution in [1.82, 2.24) is 4.90 Å². The molecule has 1 saturated heterocycles. The number of β-amino-alcohol motifs (C(OH)–C–C–N with tert-alkyl or cyclic N) is 1. The van der Waals surface area contributed by atoms with E-state index in [9.17, 15) is 5.11 Å². The Morgan fingerprint density at radius 3 is 2.20 bits per heavy atom. The first-order chi connectivity index (χ1) is 6.79. The van der Waals surface area contributed by atoms with Crippen LogP contribution in [0.15, 0.2) is 0 Å². The van der Waals surface area contributed by atoms with Crippen LogP contribution in [-0.4, -0.2) is 35.7 Å². The van der Waals surface area contributed by atoms with Crippen LogP contribution >= 0.6 is 0 Å². The molecule has 0 spiro atoms. The average molecular weight is 213 g/mol. The Bertz CT molecular complexity index is 189. The summed E-state index contributed by atoms with van der Waals surface area (Å²) in [5, 5.41) is 9.80. The van der Waals surface area contributed by atoms with Crippen LogP contribution in [0.4, 0.5) is 0 Å². The summed E-state index contributed by atoms with van der Waals surface area (Å²) in [5.74, 6) is 1.41. The smallest absolute Gasteiger partial charge is 0.0669 e. The molecule has 2 heteroatoms. The fourth-order valence-corrected chi connectivity index (χ4v) is 2.18. The molecule has 1 aliphatic heterocycles. The Balaban J connectivity index is 2.17. The third-order valence-corrected chi connectivity index (χ3v) is 3.39. The molecule has 1 fully saturated rings. The Labute approximate surface area is 94.7 Å². The molecule has 1 N–H and O–H groups in total. The Hall–Kier alpha value is -0.0800. The summed E-state index contributed by atoms with van der Waals surface area (Å²) in [7, 11) is 0. The van der Waals surface area contributed by atoms with Crippen LogP contribution in [0, 0.1) is 17.3 Å². The quantitative estimate of drug-likeness (QED) is 0.775. The van der Waals surface area contributed by atoms with Gasteiger partial charge in [-0.25, -0.2) is 0 Å². The second kappa shape index (κ2) is 4.84. The molecule has 2 nitrogen and oxygen atoms in total. The molecule has 90 valence electrons. The molecular weight excluding hydrogens is 186 g/mol. The van der Waals surface area contributed by atoms with E-state index < -0.39 is 0 Å². The normalized spacial score (nSPS) is 21.8. The van der Waals surface area contributed by atoms with Gasteiger partial charge in [0, 0.05) is 19.6 Å². The molecule has 1 unspecified atom stereocenters. The van der Waals surface area contributed by atoms with E-state index in [1.165, 1.54) is 13.1 Å². The summed E-state index contributed by atoms with van der Waals surface area (Å²) in [6.07, 6.45) is 0.794. The van der Waals surface area contributed by atoms with Crippen molar-refractivity contribution in [3.8, 4) is 0 Å². The highest BCUT2D eigenvalue weighted by molar-refractivity contribution is 4.88. The Morgan fingerprint density at radius 2 is 1.80 bits per heavy atom. The molecular formula is C13H27NO. The topological polar surface area (TPSA) is 23.5 Å². The van der Waals surface area contributed by atoms with Crippen molar-refractivity contribution in [1.29, 1.82) is 0 Å². The lowest BCUT2D eigenvalue weighted by Crippen LogP contribution is -2.54. The second-order valence-corrected chi connectivity index (χ2v) is 6.56. The summed E-state index contributed by atoms with van der Waals surface area (Å²) in [5.41, 5.74) is 0.430. The number of aliphatic hydroxyl groups excluding tert-OH is 1. The van der Waals surface area contributed by atoms with Crippen molar-refractivity contribution in [3.63, 3.8) is 0 Å². The zero-order chi connectivity index (χ0) is 11.6. The van der Waals surface area contributed by atoms with Crippen molar-refractivity contribution in [2.24, 2.45) is 17.3 Å². The van der Waals surface area contributed by atoms with E-state index in [2.05, 4.69) is 39.5 Å². The van der Waals surface area contributed by atoms with Crippen LogP contribution in [0.3, 0.4) is 0 Å². The summed E-state index contributed by atoms with van der Waals surface area (Å²) < 4.78 is 0. The SMILES string of the molecule is CC(C)CC(O)CN1CC(C(C)(C)C)C1. The molecule has 0 amide bonds. The van der Waals surface area contributed by atoms with Crippen molar-refractivity contribution < 1.29 is 5.11 Å². The minimum atomic E-state index is -0.133. The van der Waals surface area contributed by atoms with Gasteiger partial charge in [-0.05, 0) is 23.7 Å². The largest absolute Gasteiger partial charge is 0.392 e. The standard InChI is InChI=1S/C13H27NO/c1-10(2)6-12(15)9-14-7-11(8-14)13(3,4)5/h10-12,15H,6-9H2,1-5H3. The van der Waals surface area contributed by atoms with Crippen LogP contribution in [0.25, 0.3) is 0 Å². The molecule has 0 aromatic carbocycles. The van der Waals surface area contributed by atoms with Crippen molar-refractivity contribution in [2.75, 3.05) is 19.6 Å². The lowest BCUT2D eigenvalue weighted by atomic mass is 9.76. The lowest BCUT2D eigenvalue weighted by molar-refractivity contribution is -0.0104. The van der Waals surface area contributed by atoms with Crippen LogP contribution in [-0.2, 0) is 0 Å². The molecule has 0 aromatic heterocycles. The van der Waals surface area contributed by atoms with Crippen molar-refractivity contribution in [3.05, 3.63) is 0 Å². The first-order valence-electron chi connectivity index (χ1n) is 6.19. The van der Waals surface area contributed by atoms with Gasteiger partial charge in [0.15, 0.2) is 0 Å². The predicted octanol–water partition coefficient (Wildman–Crippen LogP) is 2.37. The highest BCUT2D eigenvalue weighted by Crippen LogP contribution is 2.33. The maximum absolute atomic E-state index is 9.80.